The van der Waals surface area contributed by atoms with Crippen LogP contribution in [0.2, 0.25) is 0 Å². The van der Waals surface area contributed by atoms with Crippen LogP contribution in [-0.4, -0.2) is 36.2 Å². The quantitative estimate of drug-likeness (QED) is 0.884. The summed E-state index contributed by atoms with van der Waals surface area (Å²) in [7, 11) is 1.99. The first-order chi connectivity index (χ1) is 11.6. The molecule has 0 saturated carbocycles. The third-order valence-corrected chi connectivity index (χ3v) is 5.38. The number of fused-ring (bicyclic) bond motifs is 1. The minimum atomic E-state index is -0.169. The molecule has 1 aliphatic carbocycles. The van der Waals surface area contributed by atoms with E-state index in [0.717, 1.165) is 18.0 Å². The third kappa shape index (κ3) is 4.82. The Labute approximate surface area is 147 Å². The molecule has 1 heterocycles. The van der Waals surface area contributed by atoms with Crippen LogP contribution in [0, 0.1) is 5.82 Å². The van der Waals surface area contributed by atoms with Crippen molar-refractivity contribution in [2.24, 2.45) is 0 Å². The van der Waals surface area contributed by atoms with Crippen molar-refractivity contribution in [2.45, 2.75) is 41.6 Å². The molecule has 0 spiro atoms. The SMILES string of the molecule is CN1CC(O)C1.Fc1cccc(Sc2ccc3c(c2)CCCC3)c1. The maximum Gasteiger partial charge on any atom is 0.124 e. The number of aliphatic hydroxyl groups excluding tert-OH is 1. The molecule has 1 saturated heterocycles. The van der Waals surface area contributed by atoms with E-state index in [2.05, 4.69) is 23.1 Å². The van der Waals surface area contributed by atoms with Gasteiger partial charge in [-0.3, -0.25) is 0 Å². The summed E-state index contributed by atoms with van der Waals surface area (Å²) in [5.41, 5.74) is 2.97. The van der Waals surface area contributed by atoms with Crippen LogP contribution in [0.5, 0.6) is 0 Å². The van der Waals surface area contributed by atoms with Crippen LogP contribution in [0.1, 0.15) is 24.0 Å². The zero-order valence-corrected chi connectivity index (χ0v) is 14.9. The Morgan fingerprint density at radius 1 is 1.00 bits per heavy atom. The van der Waals surface area contributed by atoms with Crippen LogP contribution >= 0.6 is 11.8 Å². The van der Waals surface area contributed by atoms with Gasteiger partial charge in [-0.15, -0.1) is 0 Å². The molecule has 0 unspecified atom stereocenters. The summed E-state index contributed by atoms with van der Waals surface area (Å²) in [4.78, 5) is 4.25. The molecule has 0 atom stereocenters. The fourth-order valence-electron chi connectivity index (χ4n) is 3.11. The van der Waals surface area contributed by atoms with E-state index in [4.69, 9.17) is 5.11 Å². The minimum Gasteiger partial charge on any atom is -0.390 e. The zero-order chi connectivity index (χ0) is 16.9. The number of likely N-dealkylation sites (tertiary alicyclic amines) is 1. The maximum atomic E-state index is 13.1. The Morgan fingerprint density at radius 2 is 1.71 bits per heavy atom. The Kier molecular flexibility index (Phi) is 5.93. The number of nitrogens with zero attached hydrogens (tertiary/aromatic N) is 1. The highest BCUT2D eigenvalue weighted by Crippen LogP contribution is 2.31. The first-order valence-corrected chi connectivity index (χ1v) is 9.33. The Balaban J connectivity index is 0.000000238. The van der Waals surface area contributed by atoms with Crippen molar-refractivity contribution in [3.8, 4) is 0 Å². The number of hydrogen-bond acceptors (Lipinski definition) is 3. The van der Waals surface area contributed by atoms with Crippen molar-refractivity contribution in [1.29, 1.82) is 0 Å². The first kappa shape index (κ1) is 17.5. The highest BCUT2D eigenvalue weighted by Gasteiger charge is 2.18. The summed E-state index contributed by atoms with van der Waals surface area (Å²) in [6, 6.07) is 13.4. The number of aryl methyl sites for hydroxylation is 2. The van der Waals surface area contributed by atoms with E-state index in [1.54, 1.807) is 23.9 Å². The molecule has 2 aromatic rings. The van der Waals surface area contributed by atoms with Gasteiger partial charge in [0.05, 0.1) is 6.10 Å². The van der Waals surface area contributed by atoms with Gasteiger partial charge in [-0.1, -0.05) is 23.9 Å². The van der Waals surface area contributed by atoms with Crippen LogP contribution in [0.25, 0.3) is 0 Å². The van der Waals surface area contributed by atoms with Gasteiger partial charge in [0, 0.05) is 22.9 Å². The van der Waals surface area contributed by atoms with Gasteiger partial charge in [0.15, 0.2) is 0 Å². The number of halogens is 1. The Bertz CT molecular complexity index is 679. The number of hydrogen-bond donors (Lipinski definition) is 1. The Morgan fingerprint density at radius 3 is 2.33 bits per heavy atom. The maximum absolute atomic E-state index is 13.1. The average Bonchev–Trinajstić information content (AvgIpc) is 2.54. The fourth-order valence-corrected chi connectivity index (χ4v) is 4.03. The Hall–Kier alpha value is -1.36. The van der Waals surface area contributed by atoms with Gasteiger partial charge in [0.1, 0.15) is 5.82 Å². The summed E-state index contributed by atoms with van der Waals surface area (Å²) >= 11 is 1.63. The van der Waals surface area contributed by atoms with Crippen molar-refractivity contribution in [3.05, 3.63) is 59.4 Å². The van der Waals surface area contributed by atoms with Crippen LogP contribution in [-0.2, 0) is 12.8 Å². The molecule has 128 valence electrons. The van der Waals surface area contributed by atoms with Crippen molar-refractivity contribution in [2.75, 3.05) is 20.1 Å². The number of aliphatic hydroxyl groups is 1. The molecule has 2 nitrogen and oxygen atoms in total. The average molecular weight is 345 g/mol. The molecule has 24 heavy (non-hydrogen) atoms. The summed E-state index contributed by atoms with van der Waals surface area (Å²) in [6.45, 7) is 1.72. The number of rotatable bonds is 2. The topological polar surface area (TPSA) is 23.5 Å². The second-order valence-electron chi connectivity index (χ2n) is 6.57. The predicted molar refractivity (Wildman–Crippen MR) is 97.1 cm³/mol. The highest BCUT2D eigenvalue weighted by atomic mass is 32.2. The van der Waals surface area contributed by atoms with Gasteiger partial charge in [-0.05, 0) is 74.2 Å². The van der Waals surface area contributed by atoms with Crippen LogP contribution < -0.4 is 0 Å². The van der Waals surface area contributed by atoms with Gasteiger partial charge in [0.25, 0.3) is 0 Å². The molecule has 0 bridgehead atoms. The third-order valence-electron chi connectivity index (χ3n) is 4.40. The van der Waals surface area contributed by atoms with Crippen molar-refractivity contribution >= 4 is 11.8 Å². The van der Waals surface area contributed by atoms with E-state index >= 15 is 0 Å². The van der Waals surface area contributed by atoms with E-state index in [1.807, 2.05) is 13.1 Å². The lowest BCUT2D eigenvalue weighted by atomic mass is 9.92. The molecule has 2 aromatic carbocycles. The van der Waals surface area contributed by atoms with Gasteiger partial charge in [-0.25, -0.2) is 4.39 Å². The lowest BCUT2D eigenvalue weighted by molar-refractivity contribution is 0.0196. The highest BCUT2D eigenvalue weighted by molar-refractivity contribution is 7.99. The van der Waals surface area contributed by atoms with Gasteiger partial charge in [-0.2, -0.15) is 0 Å². The van der Waals surface area contributed by atoms with E-state index in [-0.39, 0.29) is 11.9 Å². The van der Waals surface area contributed by atoms with E-state index < -0.39 is 0 Å². The van der Waals surface area contributed by atoms with Crippen molar-refractivity contribution in [1.82, 2.24) is 4.90 Å². The summed E-state index contributed by atoms with van der Waals surface area (Å²) in [5.74, 6) is -0.169. The second-order valence-corrected chi connectivity index (χ2v) is 7.72. The number of benzene rings is 2. The van der Waals surface area contributed by atoms with Crippen molar-refractivity contribution in [3.63, 3.8) is 0 Å². The van der Waals surface area contributed by atoms with E-state index in [0.29, 0.717) is 0 Å². The van der Waals surface area contributed by atoms with Crippen LogP contribution in [0.4, 0.5) is 4.39 Å². The first-order valence-electron chi connectivity index (χ1n) is 8.52. The fraction of sp³-hybridized carbons (Fsp3) is 0.400. The lowest BCUT2D eigenvalue weighted by Gasteiger charge is -2.31. The van der Waals surface area contributed by atoms with Crippen LogP contribution in [0.15, 0.2) is 52.3 Å². The normalized spacial score (nSPS) is 17.5. The molecule has 4 rings (SSSR count). The molecule has 0 aromatic heterocycles. The summed E-state index contributed by atoms with van der Waals surface area (Å²) in [5, 5.41) is 8.58. The number of β-amino-alcohol motifs (C(OH)–C–C–N with tert-alkyl or cyclic N) is 1. The van der Waals surface area contributed by atoms with Gasteiger partial charge in [0.2, 0.25) is 0 Å². The monoisotopic (exact) mass is 345 g/mol. The van der Waals surface area contributed by atoms with Crippen molar-refractivity contribution < 1.29 is 9.50 Å². The molecule has 4 heteroatoms. The smallest absolute Gasteiger partial charge is 0.124 e. The largest absolute Gasteiger partial charge is 0.390 e. The van der Waals surface area contributed by atoms with Crippen LogP contribution in [0.3, 0.4) is 0 Å². The van der Waals surface area contributed by atoms with Gasteiger partial charge >= 0.3 is 0 Å². The zero-order valence-electron chi connectivity index (χ0n) is 14.0. The minimum absolute atomic E-state index is 0.0324. The molecular weight excluding hydrogens is 321 g/mol. The summed E-state index contributed by atoms with van der Waals surface area (Å²) < 4.78 is 13.1. The number of likely N-dealkylation sites (N-methyl/N-ethyl adjacent to an activating group) is 1. The van der Waals surface area contributed by atoms with E-state index in [9.17, 15) is 4.39 Å². The molecule has 1 aliphatic heterocycles. The second kappa shape index (κ2) is 8.15. The standard InChI is InChI=1S/C16H15FS.C4H9NO/c17-14-6-3-7-15(11-14)18-16-9-8-12-4-1-2-5-13(12)10-16;1-5-2-4(6)3-5/h3,6-11H,1-2,4-5H2;4,6H,2-3H2,1H3. The van der Waals surface area contributed by atoms with E-state index in [1.165, 1.54) is 47.8 Å². The summed E-state index contributed by atoms with van der Waals surface area (Å²) in [6.07, 6.45) is 4.97. The molecule has 1 fully saturated rings. The van der Waals surface area contributed by atoms with Gasteiger partial charge < -0.3 is 10.0 Å². The molecule has 0 amide bonds. The molecular formula is C20H24FNOS. The molecule has 2 aliphatic rings. The molecule has 1 N–H and O–H groups in total. The lowest BCUT2D eigenvalue weighted by Crippen LogP contribution is -2.47. The predicted octanol–water partition coefficient (Wildman–Crippen LogP) is 4.15. The molecule has 0 radical (unpaired) electrons.